The van der Waals surface area contributed by atoms with Gasteiger partial charge in [-0.2, -0.15) is 0 Å². The van der Waals surface area contributed by atoms with Gasteiger partial charge in [0.05, 0.1) is 13.2 Å². The Labute approximate surface area is 208 Å². The summed E-state index contributed by atoms with van der Waals surface area (Å²) in [5, 5.41) is 67.6. The third-order valence-electron chi connectivity index (χ3n) is 5.74. The SMILES string of the molecule is NC(=O)c1ncn([C@@H]2O[C@H](COCC(=O)NCCC(=O)NC3C(O)OC(CO)C(O)C3O)[C@@H](O)[C@H]2O)n1. The Morgan fingerprint density at radius 2 is 1.73 bits per heavy atom. The molecule has 10 N–H and O–H groups in total. The van der Waals surface area contributed by atoms with Gasteiger partial charge in [-0.1, -0.05) is 0 Å². The number of ether oxygens (including phenoxy) is 3. The smallest absolute Gasteiger partial charge is 0.288 e. The van der Waals surface area contributed by atoms with Crippen LogP contribution in [0.15, 0.2) is 6.33 Å². The van der Waals surface area contributed by atoms with Crippen LogP contribution in [0.1, 0.15) is 23.3 Å². The second-order valence-corrected chi connectivity index (χ2v) is 8.40. The second-order valence-electron chi connectivity index (χ2n) is 8.40. The van der Waals surface area contributed by atoms with Gasteiger partial charge in [0.1, 0.15) is 55.6 Å². The van der Waals surface area contributed by atoms with Crippen molar-refractivity contribution in [1.82, 2.24) is 25.4 Å². The van der Waals surface area contributed by atoms with Gasteiger partial charge < -0.3 is 61.2 Å². The minimum Gasteiger partial charge on any atom is -0.394 e. The molecule has 1 aromatic heterocycles. The Kier molecular flexibility index (Phi) is 9.81. The summed E-state index contributed by atoms with van der Waals surface area (Å²) in [5.74, 6) is -2.47. The van der Waals surface area contributed by atoms with Gasteiger partial charge in [-0.25, -0.2) is 9.67 Å². The number of nitrogens with two attached hydrogens (primary N) is 1. The van der Waals surface area contributed by atoms with Gasteiger partial charge in [0.2, 0.25) is 17.6 Å². The Morgan fingerprint density at radius 3 is 2.38 bits per heavy atom. The number of aliphatic hydroxyl groups excluding tert-OH is 6. The van der Waals surface area contributed by atoms with E-state index >= 15 is 0 Å². The van der Waals surface area contributed by atoms with E-state index in [2.05, 4.69) is 20.7 Å². The van der Waals surface area contributed by atoms with Crippen LogP contribution in [0.2, 0.25) is 0 Å². The third-order valence-corrected chi connectivity index (χ3v) is 5.74. The van der Waals surface area contributed by atoms with Gasteiger partial charge in [0, 0.05) is 13.0 Å². The quantitative estimate of drug-likeness (QED) is 0.128. The number of hydrogen-bond donors (Lipinski definition) is 9. The maximum Gasteiger partial charge on any atom is 0.288 e. The second kappa shape index (κ2) is 12.6. The van der Waals surface area contributed by atoms with E-state index in [1.165, 1.54) is 0 Å². The lowest BCUT2D eigenvalue weighted by Gasteiger charge is -2.40. The van der Waals surface area contributed by atoms with E-state index in [9.17, 15) is 39.9 Å². The van der Waals surface area contributed by atoms with Gasteiger partial charge in [-0.05, 0) is 0 Å². The number of nitrogens with zero attached hydrogens (tertiary/aromatic N) is 3. The summed E-state index contributed by atoms with van der Waals surface area (Å²) in [6.45, 7) is -1.52. The zero-order chi connectivity index (χ0) is 27.3. The lowest BCUT2D eigenvalue weighted by molar-refractivity contribution is -0.253. The van der Waals surface area contributed by atoms with Gasteiger partial charge >= 0.3 is 0 Å². The first-order valence-electron chi connectivity index (χ1n) is 11.2. The number of hydrogen-bond acceptors (Lipinski definition) is 14. The van der Waals surface area contributed by atoms with E-state index in [0.29, 0.717) is 0 Å². The number of aliphatic hydroxyl groups is 6. The lowest BCUT2D eigenvalue weighted by atomic mass is 9.97. The van der Waals surface area contributed by atoms with Gasteiger partial charge in [-0.3, -0.25) is 14.4 Å². The fourth-order valence-electron chi connectivity index (χ4n) is 3.74. The predicted octanol–water partition coefficient (Wildman–Crippen LogP) is -6.56. The van der Waals surface area contributed by atoms with Crippen molar-refractivity contribution >= 4 is 17.7 Å². The van der Waals surface area contributed by atoms with Gasteiger partial charge in [0.25, 0.3) is 5.91 Å². The highest BCUT2D eigenvalue weighted by Crippen LogP contribution is 2.29. The molecule has 3 amide bonds. The van der Waals surface area contributed by atoms with Crippen molar-refractivity contribution in [2.45, 2.75) is 61.6 Å². The van der Waals surface area contributed by atoms with E-state index in [1.807, 2.05) is 0 Å². The third kappa shape index (κ3) is 6.94. The molecular weight excluding hydrogens is 504 g/mol. The van der Waals surface area contributed by atoms with Crippen molar-refractivity contribution in [3.8, 4) is 0 Å². The number of rotatable bonds is 11. The molecule has 0 saturated carbocycles. The normalized spacial score (nSPS) is 33.7. The van der Waals surface area contributed by atoms with Crippen molar-refractivity contribution in [2.75, 3.05) is 26.4 Å². The maximum atomic E-state index is 12.1. The fourth-order valence-corrected chi connectivity index (χ4v) is 3.74. The topological polar surface area (TPSA) is 281 Å². The highest BCUT2D eigenvalue weighted by atomic mass is 16.6. The molecular formula is C19H30N6O12. The molecule has 18 heteroatoms. The number of aromatic nitrogens is 3. The number of amides is 3. The molecule has 18 nitrogen and oxygen atoms in total. The van der Waals surface area contributed by atoms with E-state index < -0.39 is 86.1 Å². The molecule has 2 aliphatic heterocycles. The van der Waals surface area contributed by atoms with Crippen molar-refractivity contribution in [3.05, 3.63) is 12.2 Å². The summed E-state index contributed by atoms with van der Waals surface area (Å²) in [7, 11) is 0. The molecule has 3 rings (SSSR count). The van der Waals surface area contributed by atoms with E-state index in [0.717, 1.165) is 11.0 Å². The molecule has 37 heavy (non-hydrogen) atoms. The molecule has 3 heterocycles. The molecule has 2 saturated heterocycles. The summed E-state index contributed by atoms with van der Waals surface area (Å²) in [4.78, 5) is 38.8. The monoisotopic (exact) mass is 534 g/mol. The molecule has 0 radical (unpaired) electrons. The van der Waals surface area contributed by atoms with Crippen LogP contribution in [0.3, 0.4) is 0 Å². The van der Waals surface area contributed by atoms with E-state index in [1.54, 1.807) is 0 Å². The Morgan fingerprint density at radius 1 is 1.03 bits per heavy atom. The van der Waals surface area contributed by atoms with E-state index in [4.69, 9.17) is 25.1 Å². The van der Waals surface area contributed by atoms with Crippen LogP contribution < -0.4 is 16.4 Å². The molecule has 5 unspecified atom stereocenters. The first kappa shape index (κ1) is 28.8. The molecule has 0 aliphatic carbocycles. The molecule has 0 aromatic carbocycles. The lowest BCUT2D eigenvalue weighted by Crippen LogP contribution is -2.64. The summed E-state index contributed by atoms with van der Waals surface area (Å²) in [6, 6.07) is -1.35. The number of nitrogens with one attached hydrogen (secondary N) is 2. The van der Waals surface area contributed by atoms with Crippen molar-refractivity contribution in [3.63, 3.8) is 0 Å². The van der Waals surface area contributed by atoms with Crippen molar-refractivity contribution < 1.29 is 59.2 Å². The molecule has 2 aliphatic rings. The molecule has 0 bridgehead atoms. The minimum atomic E-state index is -1.66. The summed E-state index contributed by atoms with van der Waals surface area (Å²) in [6.07, 6.45) is -10.1. The highest BCUT2D eigenvalue weighted by molar-refractivity contribution is 5.88. The van der Waals surface area contributed by atoms with Crippen LogP contribution in [-0.2, 0) is 23.8 Å². The van der Waals surface area contributed by atoms with E-state index in [-0.39, 0.29) is 25.4 Å². The Hall–Kier alpha value is -2.81. The largest absolute Gasteiger partial charge is 0.394 e. The first-order chi connectivity index (χ1) is 17.5. The van der Waals surface area contributed by atoms with Crippen molar-refractivity contribution in [2.24, 2.45) is 5.73 Å². The number of primary amides is 1. The molecule has 9 atom stereocenters. The standard InChI is InChI=1S/C19H30N6O12/c20-16(33)17-22-6-25(24-17)18-15(32)13(30)8(36-18)4-35-5-10(28)21-2-1-9(27)23-11-14(31)12(29)7(3-26)37-19(11)34/h6-8,11-15,18-19,26,29-32,34H,1-5H2,(H2,20,33)(H,21,28)(H,23,27)/t7?,8-,11?,12?,13-,14?,15-,18-,19?/m1/s1. The Bertz CT molecular complexity index is 948. The highest BCUT2D eigenvalue weighted by Gasteiger charge is 2.45. The Balaban J connectivity index is 1.35. The minimum absolute atomic E-state index is 0.131. The zero-order valence-corrected chi connectivity index (χ0v) is 19.4. The van der Waals surface area contributed by atoms with Crippen LogP contribution in [0, 0.1) is 0 Å². The van der Waals surface area contributed by atoms with Crippen LogP contribution >= 0.6 is 0 Å². The molecule has 2 fully saturated rings. The average molecular weight is 534 g/mol. The summed E-state index contributed by atoms with van der Waals surface area (Å²) >= 11 is 0. The van der Waals surface area contributed by atoms with Gasteiger partial charge in [-0.15, -0.1) is 5.10 Å². The van der Waals surface area contributed by atoms with Crippen LogP contribution in [-0.4, -0.2) is 138 Å². The first-order valence-corrected chi connectivity index (χ1v) is 11.2. The number of carbonyl (C=O) groups excluding carboxylic acids is 3. The fraction of sp³-hybridized carbons (Fsp3) is 0.737. The molecule has 0 spiro atoms. The maximum absolute atomic E-state index is 12.1. The molecule has 1 aromatic rings. The van der Waals surface area contributed by atoms with Crippen LogP contribution in [0.25, 0.3) is 0 Å². The van der Waals surface area contributed by atoms with Crippen LogP contribution in [0.5, 0.6) is 0 Å². The predicted molar refractivity (Wildman–Crippen MR) is 115 cm³/mol. The van der Waals surface area contributed by atoms with Gasteiger partial charge in [0.15, 0.2) is 12.5 Å². The molecule has 208 valence electrons. The zero-order valence-electron chi connectivity index (χ0n) is 19.4. The summed E-state index contributed by atoms with van der Waals surface area (Å²) in [5.41, 5.74) is 5.08. The number of carbonyl (C=O) groups is 3. The van der Waals surface area contributed by atoms with Crippen LogP contribution in [0.4, 0.5) is 0 Å². The average Bonchev–Trinajstić information content (AvgIpc) is 3.45. The van der Waals surface area contributed by atoms with Crippen molar-refractivity contribution in [1.29, 1.82) is 0 Å². The summed E-state index contributed by atoms with van der Waals surface area (Å²) < 4.78 is 16.7.